The van der Waals surface area contributed by atoms with Gasteiger partial charge in [0.2, 0.25) is 5.91 Å². The second-order valence-electron chi connectivity index (χ2n) is 5.07. The van der Waals surface area contributed by atoms with E-state index in [-0.39, 0.29) is 17.9 Å². The van der Waals surface area contributed by atoms with Crippen LogP contribution in [0.2, 0.25) is 0 Å². The highest BCUT2D eigenvalue weighted by Crippen LogP contribution is 2.18. The minimum absolute atomic E-state index is 0.123. The minimum atomic E-state index is -0.129. The molecule has 3 unspecified atom stereocenters. The van der Waals surface area contributed by atoms with Crippen LogP contribution in [-0.2, 0) is 9.53 Å². The molecule has 5 heteroatoms. The number of hydrogen-bond acceptors (Lipinski definition) is 4. The average Bonchev–Trinajstić information content (AvgIpc) is 2.74. The number of nitrogens with two attached hydrogens (primary N) is 1. The highest BCUT2D eigenvalue weighted by molar-refractivity contribution is 5.80. The number of likely N-dealkylation sites (N-methyl/N-ethyl adjacent to an activating group) is 1. The van der Waals surface area contributed by atoms with Gasteiger partial charge in [0.1, 0.15) is 0 Å². The quantitative estimate of drug-likeness (QED) is 0.709. The Labute approximate surface area is 103 Å². The first-order valence-corrected chi connectivity index (χ1v) is 6.49. The van der Waals surface area contributed by atoms with Crippen molar-refractivity contribution in [1.82, 2.24) is 9.80 Å². The zero-order chi connectivity index (χ0) is 12.4. The lowest BCUT2D eigenvalue weighted by atomic mass is 10.0. The van der Waals surface area contributed by atoms with Crippen molar-refractivity contribution in [3.8, 4) is 0 Å². The van der Waals surface area contributed by atoms with Crippen LogP contribution in [0.15, 0.2) is 0 Å². The fourth-order valence-electron chi connectivity index (χ4n) is 2.72. The molecule has 2 aliphatic heterocycles. The summed E-state index contributed by atoms with van der Waals surface area (Å²) in [6.45, 7) is 8.99. The summed E-state index contributed by atoms with van der Waals surface area (Å²) in [5.41, 5.74) is 5.89. The molecule has 5 nitrogen and oxygen atoms in total. The average molecular weight is 241 g/mol. The molecule has 0 aromatic heterocycles. The van der Waals surface area contributed by atoms with Gasteiger partial charge in [-0.15, -0.1) is 0 Å². The molecule has 2 rings (SSSR count). The van der Waals surface area contributed by atoms with Gasteiger partial charge in [0.25, 0.3) is 0 Å². The summed E-state index contributed by atoms with van der Waals surface area (Å²) in [5, 5.41) is 0. The number of carbonyl (C=O) groups excluding carboxylic acids is 1. The summed E-state index contributed by atoms with van der Waals surface area (Å²) in [6.07, 6.45) is 0. The fourth-order valence-corrected chi connectivity index (χ4v) is 2.72. The molecule has 2 aliphatic rings. The van der Waals surface area contributed by atoms with Crippen LogP contribution < -0.4 is 5.73 Å². The van der Waals surface area contributed by atoms with Crippen molar-refractivity contribution in [2.24, 2.45) is 11.7 Å². The lowest BCUT2D eigenvalue weighted by Gasteiger charge is -2.40. The van der Waals surface area contributed by atoms with Crippen LogP contribution in [0.1, 0.15) is 13.8 Å². The third kappa shape index (κ3) is 2.61. The molecule has 2 fully saturated rings. The van der Waals surface area contributed by atoms with Crippen molar-refractivity contribution >= 4 is 5.91 Å². The molecule has 0 spiro atoms. The molecule has 0 aliphatic carbocycles. The smallest absolute Gasteiger partial charge is 0.229 e. The van der Waals surface area contributed by atoms with Gasteiger partial charge in [0.05, 0.1) is 19.1 Å². The Morgan fingerprint density at radius 2 is 2.18 bits per heavy atom. The molecule has 3 atom stereocenters. The van der Waals surface area contributed by atoms with Gasteiger partial charge in [0, 0.05) is 31.7 Å². The molecule has 17 heavy (non-hydrogen) atoms. The van der Waals surface area contributed by atoms with Gasteiger partial charge in [-0.05, 0) is 13.5 Å². The topological polar surface area (TPSA) is 58.8 Å². The molecule has 2 saturated heterocycles. The van der Waals surface area contributed by atoms with Crippen molar-refractivity contribution in [3.05, 3.63) is 0 Å². The Balaban J connectivity index is 1.93. The molecule has 0 radical (unpaired) electrons. The van der Waals surface area contributed by atoms with E-state index in [1.54, 1.807) is 0 Å². The van der Waals surface area contributed by atoms with Crippen molar-refractivity contribution in [2.45, 2.75) is 25.9 Å². The monoisotopic (exact) mass is 241 g/mol. The number of piperazine rings is 1. The van der Waals surface area contributed by atoms with E-state index in [0.717, 1.165) is 26.2 Å². The van der Waals surface area contributed by atoms with E-state index >= 15 is 0 Å². The molecule has 0 aromatic rings. The fraction of sp³-hybridized carbons (Fsp3) is 0.917. The van der Waals surface area contributed by atoms with Crippen LogP contribution in [0.3, 0.4) is 0 Å². The van der Waals surface area contributed by atoms with Crippen LogP contribution in [-0.4, -0.2) is 67.2 Å². The Kier molecular flexibility index (Phi) is 4.01. The van der Waals surface area contributed by atoms with Crippen LogP contribution >= 0.6 is 0 Å². The van der Waals surface area contributed by atoms with Gasteiger partial charge in [-0.3, -0.25) is 9.69 Å². The first kappa shape index (κ1) is 12.8. The van der Waals surface area contributed by atoms with E-state index < -0.39 is 0 Å². The largest absolute Gasteiger partial charge is 0.379 e. The number of carbonyl (C=O) groups is 1. The van der Waals surface area contributed by atoms with Crippen molar-refractivity contribution in [3.63, 3.8) is 0 Å². The summed E-state index contributed by atoms with van der Waals surface area (Å²) >= 11 is 0. The van der Waals surface area contributed by atoms with E-state index in [0.29, 0.717) is 19.3 Å². The second-order valence-corrected chi connectivity index (χ2v) is 5.07. The third-order valence-corrected chi connectivity index (χ3v) is 3.92. The highest BCUT2D eigenvalue weighted by atomic mass is 16.5. The van der Waals surface area contributed by atoms with Crippen LogP contribution in [0.25, 0.3) is 0 Å². The Morgan fingerprint density at radius 3 is 2.71 bits per heavy atom. The maximum atomic E-state index is 12.3. The van der Waals surface area contributed by atoms with E-state index in [1.165, 1.54) is 0 Å². The molecule has 0 bridgehead atoms. The number of amides is 1. The van der Waals surface area contributed by atoms with Crippen molar-refractivity contribution in [1.29, 1.82) is 0 Å². The first-order valence-electron chi connectivity index (χ1n) is 6.49. The highest BCUT2D eigenvalue weighted by Gasteiger charge is 2.36. The number of rotatable bonds is 2. The molecule has 1 amide bonds. The van der Waals surface area contributed by atoms with Gasteiger partial charge >= 0.3 is 0 Å². The SMILES string of the molecule is CCN1CCN(C(=O)C2COCC2N)CC1C. The molecular formula is C12H23N3O2. The van der Waals surface area contributed by atoms with Crippen molar-refractivity contribution in [2.75, 3.05) is 39.4 Å². The summed E-state index contributed by atoms with van der Waals surface area (Å²) < 4.78 is 5.27. The lowest BCUT2D eigenvalue weighted by molar-refractivity contribution is -0.138. The standard InChI is InChI=1S/C12H23N3O2/c1-3-14-4-5-15(6-9(14)2)12(16)10-7-17-8-11(10)13/h9-11H,3-8,13H2,1-2H3. The molecule has 98 valence electrons. The zero-order valence-corrected chi connectivity index (χ0v) is 10.8. The molecule has 2 heterocycles. The van der Waals surface area contributed by atoms with E-state index in [4.69, 9.17) is 10.5 Å². The van der Waals surface area contributed by atoms with Gasteiger partial charge in [-0.25, -0.2) is 0 Å². The second kappa shape index (κ2) is 5.33. The number of hydrogen-bond donors (Lipinski definition) is 1. The van der Waals surface area contributed by atoms with Gasteiger partial charge in [-0.1, -0.05) is 6.92 Å². The first-order chi connectivity index (χ1) is 8.13. The molecular weight excluding hydrogens is 218 g/mol. The minimum Gasteiger partial charge on any atom is -0.379 e. The van der Waals surface area contributed by atoms with Gasteiger partial charge < -0.3 is 15.4 Å². The molecule has 0 saturated carbocycles. The van der Waals surface area contributed by atoms with Crippen LogP contribution in [0, 0.1) is 5.92 Å². The predicted molar refractivity (Wildman–Crippen MR) is 65.6 cm³/mol. The maximum absolute atomic E-state index is 12.3. The summed E-state index contributed by atoms with van der Waals surface area (Å²) in [4.78, 5) is 16.7. The van der Waals surface area contributed by atoms with E-state index in [2.05, 4.69) is 18.7 Å². The van der Waals surface area contributed by atoms with Crippen LogP contribution in [0.4, 0.5) is 0 Å². The van der Waals surface area contributed by atoms with Crippen molar-refractivity contribution < 1.29 is 9.53 Å². The number of ether oxygens (including phenoxy) is 1. The Hall–Kier alpha value is -0.650. The third-order valence-electron chi connectivity index (χ3n) is 3.92. The maximum Gasteiger partial charge on any atom is 0.229 e. The predicted octanol–water partition coefficient (Wildman–Crippen LogP) is -0.487. The lowest BCUT2D eigenvalue weighted by Crippen LogP contribution is -2.56. The number of nitrogens with zero attached hydrogens (tertiary/aromatic N) is 2. The van der Waals surface area contributed by atoms with Gasteiger partial charge in [0.15, 0.2) is 0 Å². The Morgan fingerprint density at radius 1 is 1.41 bits per heavy atom. The van der Waals surface area contributed by atoms with Crippen LogP contribution in [0.5, 0.6) is 0 Å². The summed E-state index contributed by atoms with van der Waals surface area (Å²) in [6, 6.07) is 0.318. The van der Waals surface area contributed by atoms with Gasteiger partial charge in [-0.2, -0.15) is 0 Å². The molecule has 2 N–H and O–H groups in total. The Bertz CT molecular complexity index is 285. The normalized spacial score (nSPS) is 35.2. The summed E-state index contributed by atoms with van der Waals surface area (Å²) in [7, 11) is 0. The van der Waals surface area contributed by atoms with E-state index in [9.17, 15) is 4.79 Å². The summed E-state index contributed by atoms with van der Waals surface area (Å²) in [5.74, 6) is 0.0491. The molecule has 0 aromatic carbocycles. The zero-order valence-electron chi connectivity index (χ0n) is 10.8. The van der Waals surface area contributed by atoms with E-state index in [1.807, 2.05) is 4.90 Å².